The van der Waals surface area contributed by atoms with Crippen LogP contribution >= 0.6 is 11.3 Å². The van der Waals surface area contributed by atoms with Gasteiger partial charge in [-0.3, -0.25) is 0 Å². The van der Waals surface area contributed by atoms with E-state index in [4.69, 9.17) is 10.2 Å². The number of aliphatic hydroxyl groups excluding tert-OH is 1. The zero-order valence-electron chi connectivity index (χ0n) is 9.24. The van der Waals surface area contributed by atoms with Crippen molar-refractivity contribution >= 4 is 26.5 Å². The first-order valence-electron chi connectivity index (χ1n) is 5.38. The molecule has 0 aromatic carbocycles. The molecule has 1 aliphatic carbocycles. The Kier molecular flexibility index (Phi) is 3.67. The van der Waals surface area contributed by atoms with Crippen molar-refractivity contribution in [3.05, 3.63) is 6.20 Å². The van der Waals surface area contributed by atoms with E-state index in [0.717, 1.165) is 24.2 Å². The third-order valence-electron chi connectivity index (χ3n) is 2.85. The van der Waals surface area contributed by atoms with Gasteiger partial charge in [0.1, 0.15) is 0 Å². The number of nitrogens with zero attached hydrogens (tertiary/aromatic N) is 2. The van der Waals surface area contributed by atoms with Gasteiger partial charge >= 0.3 is 0 Å². The van der Waals surface area contributed by atoms with Crippen LogP contribution in [-0.2, 0) is 10.0 Å². The smallest absolute Gasteiger partial charge is 0.249 e. The van der Waals surface area contributed by atoms with Crippen molar-refractivity contribution in [1.82, 2.24) is 4.98 Å². The molecule has 0 bridgehead atoms. The quantitative estimate of drug-likeness (QED) is 0.798. The molecule has 0 spiro atoms. The number of thiazole rings is 1. The molecular formula is C9H15N3O3S2. The number of aromatic nitrogens is 1. The van der Waals surface area contributed by atoms with Gasteiger partial charge in [-0.1, -0.05) is 11.3 Å². The van der Waals surface area contributed by atoms with Gasteiger partial charge < -0.3 is 10.0 Å². The Balaban J connectivity index is 2.21. The maximum absolute atomic E-state index is 11.2. The molecule has 1 fully saturated rings. The van der Waals surface area contributed by atoms with Crippen LogP contribution in [-0.4, -0.2) is 37.7 Å². The molecule has 0 amide bonds. The van der Waals surface area contributed by atoms with E-state index in [2.05, 4.69) is 4.98 Å². The molecule has 0 aliphatic heterocycles. The third kappa shape index (κ3) is 2.76. The Hall–Kier alpha value is -0.700. The van der Waals surface area contributed by atoms with Crippen LogP contribution in [0.5, 0.6) is 0 Å². The van der Waals surface area contributed by atoms with Gasteiger partial charge in [0.15, 0.2) is 9.34 Å². The number of aliphatic hydroxyl groups is 1. The third-order valence-corrected chi connectivity index (χ3v) is 5.30. The summed E-state index contributed by atoms with van der Waals surface area (Å²) in [7, 11) is -3.68. The van der Waals surface area contributed by atoms with Gasteiger partial charge in [-0.25, -0.2) is 18.5 Å². The predicted octanol–water partition coefficient (Wildman–Crippen LogP) is 0.142. The molecule has 17 heavy (non-hydrogen) atoms. The molecule has 1 heterocycles. The minimum Gasteiger partial charge on any atom is -0.395 e. The number of anilines is 1. The number of nitrogens with two attached hydrogens (primary N) is 1. The summed E-state index contributed by atoms with van der Waals surface area (Å²) in [5.41, 5.74) is 0. The zero-order chi connectivity index (χ0) is 12.5. The molecule has 3 N–H and O–H groups in total. The molecule has 1 aliphatic rings. The van der Waals surface area contributed by atoms with E-state index in [1.165, 1.54) is 12.6 Å². The minimum atomic E-state index is -3.68. The van der Waals surface area contributed by atoms with Crippen LogP contribution in [0.25, 0.3) is 0 Å². The minimum absolute atomic E-state index is 0.0286. The van der Waals surface area contributed by atoms with Crippen LogP contribution in [0.15, 0.2) is 10.4 Å². The Morgan fingerprint density at radius 3 is 2.71 bits per heavy atom. The molecule has 96 valence electrons. The molecule has 0 saturated heterocycles. The highest BCUT2D eigenvalue weighted by molar-refractivity contribution is 7.91. The van der Waals surface area contributed by atoms with E-state index in [-0.39, 0.29) is 10.8 Å². The average Bonchev–Trinajstić information content (AvgIpc) is 2.61. The summed E-state index contributed by atoms with van der Waals surface area (Å²) in [6, 6.07) is 0.363. The summed E-state index contributed by atoms with van der Waals surface area (Å²) >= 11 is 1.06. The Labute approximate surface area is 104 Å². The summed E-state index contributed by atoms with van der Waals surface area (Å²) in [4.78, 5) is 6.04. The van der Waals surface area contributed by atoms with Crippen LogP contribution < -0.4 is 10.0 Å². The predicted molar refractivity (Wildman–Crippen MR) is 65.6 cm³/mol. The van der Waals surface area contributed by atoms with Crippen molar-refractivity contribution < 1.29 is 13.5 Å². The van der Waals surface area contributed by atoms with Crippen LogP contribution in [0.2, 0.25) is 0 Å². The van der Waals surface area contributed by atoms with Crippen molar-refractivity contribution in [1.29, 1.82) is 0 Å². The van der Waals surface area contributed by atoms with Crippen molar-refractivity contribution in [2.75, 3.05) is 18.1 Å². The van der Waals surface area contributed by atoms with E-state index in [1.54, 1.807) is 0 Å². The van der Waals surface area contributed by atoms with Crippen molar-refractivity contribution in [2.24, 2.45) is 5.14 Å². The lowest BCUT2D eigenvalue weighted by atomic mass is 9.92. The maximum atomic E-state index is 11.2. The number of primary sulfonamides is 1. The van der Waals surface area contributed by atoms with Gasteiger partial charge in [0.2, 0.25) is 10.0 Å². The first-order chi connectivity index (χ1) is 8.02. The second-order valence-corrected chi connectivity index (χ2v) is 6.81. The highest BCUT2D eigenvalue weighted by Gasteiger charge is 2.27. The van der Waals surface area contributed by atoms with E-state index < -0.39 is 10.0 Å². The molecular weight excluding hydrogens is 262 g/mol. The van der Waals surface area contributed by atoms with Crippen LogP contribution in [0.1, 0.15) is 19.3 Å². The van der Waals surface area contributed by atoms with Gasteiger partial charge in [-0.2, -0.15) is 0 Å². The highest BCUT2D eigenvalue weighted by Crippen LogP contribution is 2.32. The van der Waals surface area contributed by atoms with E-state index in [0.29, 0.717) is 17.7 Å². The second-order valence-electron chi connectivity index (χ2n) is 4.01. The summed E-state index contributed by atoms with van der Waals surface area (Å²) in [5.74, 6) is 0. The van der Waals surface area contributed by atoms with Gasteiger partial charge in [-0.15, -0.1) is 0 Å². The summed E-state index contributed by atoms with van der Waals surface area (Å²) < 4.78 is 22.4. The number of hydrogen-bond donors (Lipinski definition) is 2. The van der Waals surface area contributed by atoms with Gasteiger partial charge in [0, 0.05) is 12.6 Å². The number of rotatable bonds is 5. The lowest BCUT2D eigenvalue weighted by Crippen LogP contribution is -2.41. The largest absolute Gasteiger partial charge is 0.395 e. The van der Waals surface area contributed by atoms with E-state index >= 15 is 0 Å². The molecule has 1 saturated carbocycles. The van der Waals surface area contributed by atoms with Gasteiger partial charge in [0.25, 0.3) is 0 Å². The van der Waals surface area contributed by atoms with Crippen LogP contribution in [0, 0.1) is 0 Å². The fourth-order valence-electron chi connectivity index (χ4n) is 1.76. The lowest BCUT2D eigenvalue weighted by Gasteiger charge is -2.37. The monoisotopic (exact) mass is 277 g/mol. The molecule has 8 heteroatoms. The molecule has 2 rings (SSSR count). The topological polar surface area (TPSA) is 96.5 Å². The summed E-state index contributed by atoms with van der Waals surface area (Å²) in [5, 5.41) is 14.7. The standard InChI is InChI=1S/C9H15N3O3S2/c10-17(14,15)8-6-11-9(16-8)12(4-5-13)7-2-1-3-7/h6-7,13H,1-5H2,(H2,10,14,15). The molecule has 0 atom stereocenters. The number of hydrogen-bond acceptors (Lipinski definition) is 6. The van der Waals surface area contributed by atoms with E-state index in [9.17, 15) is 8.42 Å². The summed E-state index contributed by atoms with van der Waals surface area (Å²) in [6.45, 7) is 0.503. The van der Waals surface area contributed by atoms with Crippen molar-refractivity contribution in [3.8, 4) is 0 Å². The fraction of sp³-hybridized carbons (Fsp3) is 0.667. The second kappa shape index (κ2) is 4.89. The van der Waals surface area contributed by atoms with Gasteiger partial charge in [0.05, 0.1) is 12.8 Å². The Morgan fingerprint density at radius 1 is 1.59 bits per heavy atom. The first kappa shape index (κ1) is 12.7. The first-order valence-corrected chi connectivity index (χ1v) is 7.75. The van der Waals surface area contributed by atoms with E-state index in [1.807, 2.05) is 4.90 Å². The number of sulfonamides is 1. The zero-order valence-corrected chi connectivity index (χ0v) is 10.9. The fourth-order valence-corrected chi connectivity index (χ4v) is 3.39. The average molecular weight is 277 g/mol. The Bertz CT molecular complexity index is 481. The maximum Gasteiger partial charge on any atom is 0.249 e. The molecule has 1 aromatic rings. The van der Waals surface area contributed by atoms with Gasteiger partial charge in [-0.05, 0) is 19.3 Å². The SMILES string of the molecule is NS(=O)(=O)c1cnc(N(CCO)C2CCC2)s1. The van der Waals surface area contributed by atoms with Crippen molar-refractivity contribution in [3.63, 3.8) is 0 Å². The molecule has 0 unspecified atom stereocenters. The Morgan fingerprint density at radius 2 is 2.29 bits per heavy atom. The van der Waals surface area contributed by atoms with Crippen LogP contribution in [0.4, 0.5) is 5.13 Å². The normalized spacial score (nSPS) is 16.8. The van der Waals surface area contributed by atoms with Crippen molar-refractivity contribution in [2.45, 2.75) is 29.5 Å². The summed E-state index contributed by atoms with van der Waals surface area (Å²) in [6.07, 6.45) is 4.56. The molecule has 1 aromatic heterocycles. The van der Waals surface area contributed by atoms with Crippen LogP contribution in [0.3, 0.4) is 0 Å². The lowest BCUT2D eigenvalue weighted by molar-refractivity contribution is 0.283. The highest BCUT2D eigenvalue weighted by atomic mass is 32.2. The molecule has 6 nitrogen and oxygen atoms in total. The molecule has 0 radical (unpaired) electrons.